The van der Waals surface area contributed by atoms with Crippen LogP contribution in [0.1, 0.15) is 51.5 Å². The van der Waals surface area contributed by atoms with Crippen molar-refractivity contribution in [3.8, 4) is 0 Å². The summed E-state index contributed by atoms with van der Waals surface area (Å²) in [5.74, 6) is -3.74. The zero-order valence-electron chi connectivity index (χ0n) is 25.8. The number of rotatable bonds is 19. The van der Waals surface area contributed by atoms with Crippen molar-refractivity contribution in [3.63, 3.8) is 0 Å². The van der Waals surface area contributed by atoms with Crippen LogP contribution in [0.25, 0.3) is 10.9 Å². The molecule has 248 valence electrons. The predicted octanol–water partition coefficient (Wildman–Crippen LogP) is -1.27. The third-order valence-electron chi connectivity index (χ3n) is 7.38. The lowest BCUT2D eigenvalue weighted by molar-refractivity contribution is -0.144. The van der Waals surface area contributed by atoms with Crippen molar-refractivity contribution in [2.24, 2.45) is 44.6 Å². The number of aromatic amines is 1. The molecule has 2 rings (SSSR count). The molecule has 3 amide bonds. The summed E-state index contributed by atoms with van der Waals surface area (Å²) in [5.41, 5.74) is 29.6. The minimum Gasteiger partial charge on any atom is -0.480 e. The number of fused-ring (bicyclic) bond motifs is 1. The summed E-state index contributed by atoms with van der Waals surface area (Å²) in [6.45, 7) is 3.88. The standard InChI is InChI=1S/C29H47N11O5/c1-3-16(2)23(27(44)45)40-26(43)22(11-7-13-36-29(33)34)39-25(42)21(10-6-12-35-28(31)32)38-24(41)19(30)14-17-15-37-20-9-5-4-8-18(17)20/h4-5,8-9,15-16,19,21-23,37H,3,6-7,10-14,30H2,1-2H3,(H,38,41)(H,39,42)(H,40,43)(H,44,45)(H4,31,32,35)(H4,33,34,36). The fraction of sp³-hybridized carbons (Fsp3) is 0.517. The second kappa shape index (κ2) is 18.1. The number of benzene rings is 1. The Morgan fingerprint density at radius 1 is 0.867 bits per heavy atom. The highest BCUT2D eigenvalue weighted by molar-refractivity contribution is 5.94. The van der Waals surface area contributed by atoms with Gasteiger partial charge >= 0.3 is 5.97 Å². The number of guanidine groups is 2. The Kier molecular flexibility index (Phi) is 14.6. The Bertz CT molecular complexity index is 1350. The van der Waals surface area contributed by atoms with E-state index in [1.54, 1.807) is 20.0 Å². The van der Waals surface area contributed by atoms with E-state index in [-0.39, 0.29) is 50.2 Å². The number of para-hydroxylation sites is 1. The Hall–Kier alpha value is -4.86. The van der Waals surface area contributed by atoms with Gasteiger partial charge in [0.05, 0.1) is 6.04 Å². The molecule has 1 aromatic heterocycles. The number of carboxylic acids is 1. The number of nitrogens with two attached hydrogens (primary N) is 5. The maximum atomic E-state index is 13.6. The number of hydrogen-bond donors (Lipinski definition) is 10. The molecule has 2 aromatic rings. The van der Waals surface area contributed by atoms with Crippen LogP contribution in [0.3, 0.4) is 0 Å². The molecule has 0 saturated heterocycles. The lowest BCUT2D eigenvalue weighted by Crippen LogP contribution is -2.57. The number of hydrogen-bond acceptors (Lipinski definition) is 7. The van der Waals surface area contributed by atoms with Crippen LogP contribution in [0.2, 0.25) is 0 Å². The molecule has 0 saturated carbocycles. The van der Waals surface area contributed by atoms with Crippen molar-refractivity contribution < 1.29 is 24.3 Å². The molecule has 0 bridgehead atoms. The van der Waals surface area contributed by atoms with Crippen LogP contribution in [0.4, 0.5) is 0 Å². The van der Waals surface area contributed by atoms with Crippen molar-refractivity contribution in [3.05, 3.63) is 36.0 Å². The molecule has 16 heteroatoms. The zero-order valence-corrected chi connectivity index (χ0v) is 25.8. The van der Waals surface area contributed by atoms with Crippen LogP contribution in [0.5, 0.6) is 0 Å². The molecular weight excluding hydrogens is 582 g/mol. The van der Waals surface area contributed by atoms with Crippen LogP contribution in [0.15, 0.2) is 40.4 Å². The number of carboxylic acid groups (broad SMARTS) is 1. The van der Waals surface area contributed by atoms with Gasteiger partial charge in [0.2, 0.25) is 17.7 Å². The van der Waals surface area contributed by atoms with Gasteiger partial charge in [-0.15, -0.1) is 0 Å². The number of nitrogens with one attached hydrogen (secondary N) is 4. The Morgan fingerprint density at radius 3 is 1.93 bits per heavy atom. The first-order valence-corrected chi connectivity index (χ1v) is 14.9. The van der Waals surface area contributed by atoms with E-state index in [4.69, 9.17) is 28.7 Å². The maximum absolute atomic E-state index is 13.6. The summed E-state index contributed by atoms with van der Waals surface area (Å²) in [7, 11) is 0. The minimum absolute atomic E-state index is 0.0932. The van der Waals surface area contributed by atoms with Gasteiger partial charge in [-0.1, -0.05) is 38.5 Å². The van der Waals surface area contributed by atoms with E-state index in [9.17, 15) is 24.3 Å². The first-order chi connectivity index (χ1) is 21.3. The molecule has 0 aliphatic rings. The summed E-state index contributed by atoms with van der Waals surface area (Å²) < 4.78 is 0. The van der Waals surface area contributed by atoms with Crippen LogP contribution in [-0.4, -0.2) is 83.0 Å². The number of aliphatic carboxylic acids is 1. The second-order valence-electron chi connectivity index (χ2n) is 10.9. The highest BCUT2D eigenvalue weighted by Gasteiger charge is 2.32. The van der Waals surface area contributed by atoms with E-state index in [0.717, 1.165) is 16.5 Å². The number of carbonyl (C=O) groups excluding carboxylic acids is 3. The summed E-state index contributed by atoms with van der Waals surface area (Å²) >= 11 is 0. The van der Waals surface area contributed by atoms with Gasteiger partial charge in [-0.2, -0.15) is 0 Å². The summed E-state index contributed by atoms with van der Waals surface area (Å²) in [6, 6.07) is 3.20. The molecule has 45 heavy (non-hydrogen) atoms. The molecule has 15 N–H and O–H groups in total. The SMILES string of the molecule is CCC(C)C(NC(=O)C(CCCN=C(N)N)NC(=O)C(CCCN=C(N)N)NC(=O)C(N)Cc1c[nH]c2ccccc12)C(=O)O. The predicted molar refractivity (Wildman–Crippen MR) is 173 cm³/mol. The van der Waals surface area contributed by atoms with Crippen molar-refractivity contribution in [1.82, 2.24) is 20.9 Å². The maximum Gasteiger partial charge on any atom is 0.326 e. The number of amides is 3. The largest absolute Gasteiger partial charge is 0.480 e. The smallest absolute Gasteiger partial charge is 0.326 e. The Morgan fingerprint density at radius 2 is 1.40 bits per heavy atom. The Labute approximate surface area is 262 Å². The molecular formula is C29H47N11O5. The fourth-order valence-corrected chi connectivity index (χ4v) is 4.66. The molecule has 0 aliphatic carbocycles. The van der Waals surface area contributed by atoms with Gasteiger partial charge < -0.3 is 54.7 Å². The number of aromatic nitrogens is 1. The minimum atomic E-state index is -1.20. The summed E-state index contributed by atoms with van der Waals surface area (Å²) in [6.07, 6.45) is 3.34. The van der Waals surface area contributed by atoms with E-state index < -0.39 is 47.9 Å². The third-order valence-corrected chi connectivity index (χ3v) is 7.38. The molecule has 16 nitrogen and oxygen atoms in total. The second-order valence-corrected chi connectivity index (χ2v) is 10.9. The van der Waals surface area contributed by atoms with Crippen LogP contribution in [-0.2, 0) is 25.6 Å². The van der Waals surface area contributed by atoms with Crippen LogP contribution in [0, 0.1) is 5.92 Å². The third kappa shape index (κ3) is 12.0. The van der Waals surface area contributed by atoms with E-state index >= 15 is 0 Å². The first-order valence-electron chi connectivity index (χ1n) is 14.9. The summed E-state index contributed by atoms with van der Waals surface area (Å²) in [4.78, 5) is 62.9. The molecule has 1 heterocycles. The van der Waals surface area contributed by atoms with Gasteiger partial charge in [0.15, 0.2) is 11.9 Å². The number of H-pyrrole nitrogens is 1. The van der Waals surface area contributed by atoms with E-state index in [2.05, 4.69) is 30.9 Å². The normalized spacial score (nSPS) is 14.3. The zero-order chi connectivity index (χ0) is 33.5. The van der Waals surface area contributed by atoms with Crippen molar-refractivity contribution in [1.29, 1.82) is 0 Å². The van der Waals surface area contributed by atoms with Gasteiger partial charge in [-0.25, -0.2) is 4.79 Å². The molecule has 5 unspecified atom stereocenters. The first kappa shape index (κ1) is 36.3. The van der Waals surface area contributed by atoms with Gasteiger partial charge in [0.25, 0.3) is 0 Å². The molecule has 0 spiro atoms. The molecule has 0 fully saturated rings. The summed E-state index contributed by atoms with van der Waals surface area (Å²) in [5, 5.41) is 18.5. The average molecular weight is 630 g/mol. The lowest BCUT2D eigenvalue weighted by Gasteiger charge is -2.26. The van der Waals surface area contributed by atoms with E-state index in [1.807, 2.05) is 24.3 Å². The van der Waals surface area contributed by atoms with E-state index in [0.29, 0.717) is 19.3 Å². The van der Waals surface area contributed by atoms with Gasteiger partial charge in [0, 0.05) is 30.2 Å². The molecule has 5 atom stereocenters. The van der Waals surface area contributed by atoms with Gasteiger partial charge in [-0.05, 0) is 49.7 Å². The van der Waals surface area contributed by atoms with Gasteiger partial charge in [0.1, 0.15) is 18.1 Å². The van der Waals surface area contributed by atoms with E-state index in [1.165, 1.54) is 0 Å². The van der Waals surface area contributed by atoms with Crippen molar-refractivity contribution >= 4 is 46.5 Å². The molecule has 1 aromatic carbocycles. The quantitative estimate of drug-likeness (QED) is 0.0499. The fourth-order valence-electron chi connectivity index (χ4n) is 4.66. The molecule has 0 radical (unpaired) electrons. The highest BCUT2D eigenvalue weighted by atomic mass is 16.4. The number of carbonyl (C=O) groups is 4. The number of nitrogens with zero attached hydrogens (tertiary/aromatic N) is 2. The van der Waals surface area contributed by atoms with Gasteiger partial charge in [-0.3, -0.25) is 24.4 Å². The van der Waals surface area contributed by atoms with Crippen LogP contribution >= 0.6 is 0 Å². The van der Waals surface area contributed by atoms with Crippen molar-refractivity contribution in [2.45, 2.75) is 76.5 Å². The highest BCUT2D eigenvalue weighted by Crippen LogP contribution is 2.19. The monoisotopic (exact) mass is 629 g/mol. The topological polar surface area (TPSA) is 295 Å². The number of aliphatic imine (C=N–C) groups is 2. The lowest BCUT2D eigenvalue weighted by atomic mass is 9.98. The molecule has 0 aliphatic heterocycles. The van der Waals surface area contributed by atoms with Crippen LogP contribution < -0.4 is 44.6 Å². The van der Waals surface area contributed by atoms with Crippen molar-refractivity contribution in [2.75, 3.05) is 13.1 Å². The Balaban J connectivity index is 2.23. The average Bonchev–Trinajstić information content (AvgIpc) is 3.40.